The minimum absolute atomic E-state index is 0.0703. The highest BCUT2D eigenvalue weighted by Crippen LogP contribution is 1.94. The highest BCUT2D eigenvalue weighted by molar-refractivity contribution is 5.73. The molecule has 0 aromatic carbocycles. The fourth-order valence-electron chi connectivity index (χ4n) is 1.48. The van der Waals surface area contributed by atoms with Crippen molar-refractivity contribution in [3.63, 3.8) is 0 Å². The summed E-state index contributed by atoms with van der Waals surface area (Å²) < 4.78 is 0. The molecule has 8 N–H and O–H groups in total. The summed E-state index contributed by atoms with van der Waals surface area (Å²) in [6.07, 6.45) is 0. The zero-order valence-corrected chi connectivity index (χ0v) is 11.7. The third-order valence-electron chi connectivity index (χ3n) is 2.17. The Morgan fingerprint density at radius 2 is 0.773 bits per heavy atom. The van der Waals surface area contributed by atoms with Crippen molar-refractivity contribution in [2.24, 2.45) is 11.7 Å². The summed E-state index contributed by atoms with van der Waals surface area (Å²) in [7, 11) is 0. The van der Waals surface area contributed by atoms with Gasteiger partial charge in [-0.1, -0.05) is 0 Å². The van der Waals surface area contributed by atoms with Crippen LogP contribution in [0.5, 0.6) is 0 Å². The quantitative estimate of drug-likeness (QED) is 0.163. The van der Waals surface area contributed by atoms with E-state index in [1.807, 2.05) is 0 Å². The lowest BCUT2D eigenvalue weighted by Gasteiger charge is -2.23. The molecule has 0 atom stereocenters. The number of nitrogens with zero attached hydrogens (tertiary/aromatic N) is 2. The number of carboxylic acid groups (broad SMARTS) is 4. The number of carboxylic acids is 4. The summed E-state index contributed by atoms with van der Waals surface area (Å²) >= 11 is 0. The number of nitrogens with two attached hydrogens (primary N) is 2. The van der Waals surface area contributed by atoms with Gasteiger partial charge in [-0.2, -0.15) is 0 Å². The van der Waals surface area contributed by atoms with Gasteiger partial charge in [0.15, 0.2) is 0 Å². The van der Waals surface area contributed by atoms with Gasteiger partial charge in [0.2, 0.25) is 0 Å². The molecule has 12 nitrogen and oxygen atoms in total. The van der Waals surface area contributed by atoms with Crippen LogP contribution < -0.4 is 11.7 Å². The minimum atomic E-state index is -1.23. The van der Waals surface area contributed by atoms with Gasteiger partial charge in [-0.05, 0) is 0 Å². The van der Waals surface area contributed by atoms with E-state index in [1.165, 1.54) is 0 Å². The van der Waals surface area contributed by atoms with Crippen molar-refractivity contribution in [1.82, 2.24) is 9.80 Å². The second kappa shape index (κ2) is 12.5. The van der Waals surface area contributed by atoms with Gasteiger partial charge in [0, 0.05) is 13.1 Å². The second-order valence-corrected chi connectivity index (χ2v) is 4.00. The normalized spacial score (nSPS) is 10.0. The number of rotatable bonds is 11. The Labute approximate surface area is 125 Å². The van der Waals surface area contributed by atoms with Gasteiger partial charge in [-0.25, -0.2) is 0 Å². The maximum atomic E-state index is 10.6. The fraction of sp³-hybridized carbons (Fsp3) is 0.600. The van der Waals surface area contributed by atoms with Gasteiger partial charge in [-0.15, -0.1) is 0 Å². The molecule has 0 unspecified atom stereocenters. The molecule has 12 heteroatoms. The van der Waals surface area contributed by atoms with Crippen LogP contribution in [0.25, 0.3) is 0 Å². The number of aliphatic carboxylic acids is 4. The molecule has 0 saturated heterocycles. The van der Waals surface area contributed by atoms with E-state index in [9.17, 15) is 19.2 Å². The first kappa shape index (κ1) is 22.0. The molecule has 0 heterocycles. The molecule has 0 amide bonds. The summed E-state index contributed by atoms with van der Waals surface area (Å²) in [4.78, 5) is 44.4. The molecule has 0 spiro atoms. The Morgan fingerprint density at radius 3 is 0.909 bits per heavy atom. The average Bonchev–Trinajstić information content (AvgIpc) is 2.35. The van der Waals surface area contributed by atoms with Crippen molar-refractivity contribution in [2.75, 3.05) is 39.3 Å². The number of hydrogen-bond acceptors (Lipinski definition) is 8. The zero-order chi connectivity index (χ0) is 17.7. The maximum Gasteiger partial charge on any atom is 0.317 e. The lowest BCUT2D eigenvalue weighted by Crippen LogP contribution is -2.43. The van der Waals surface area contributed by atoms with Gasteiger partial charge < -0.3 is 20.4 Å². The molecule has 0 aromatic rings. The van der Waals surface area contributed by atoms with E-state index in [0.29, 0.717) is 0 Å². The predicted molar refractivity (Wildman–Crippen MR) is 71.8 cm³/mol. The number of hydrogen-bond donors (Lipinski definition) is 6. The molecule has 0 aliphatic heterocycles. The topological polar surface area (TPSA) is 208 Å². The summed E-state index contributed by atoms with van der Waals surface area (Å²) in [6.45, 7) is -2.25. The fourth-order valence-corrected chi connectivity index (χ4v) is 1.48. The second-order valence-electron chi connectivity index (χ2n) is 4.00. The lowest BCUT2D eigenvalue weighted by atomic mass is 10.4. The molecule has 0 radical (unpaired) electrons. The summed E-state index contributed by atoms with van der Waals surface area (Å²) in [6, 6.07) is 0. The van der Waals surface area contributed by atoms with Crippen molar-refractivity contribution in [2.45, 2.75) is 0 Å². The number of carbonyl (C=O) groups is 4. The van der Waals surface area contributed by atoms with Crippen molar-refractivity contribution in [3.8, 4) is 0 Å². The molecule has 22 heavy (non-hydrogen) atoms. The van der Waals surface area contributed by atoms with Gasteiger partial charge >= 0.3 is 23.9 Å². The monoisotopic (exact) mass is 324 g/mol. The van der Waals surface area contributed by atoms with Crippen LogP contribution in [-0.2, 0) is 19.2 Å². The molecular weight excluding hydrogens is 304 g/mol. The summed E-state index contributed by atoms with van der Waals surface area (Å²) in [5.41, 5.74) is 0. The first-order valence-corrected chi connectivity index (χ1v) is 5.86. The zero-order valence-electron chi connectivity index (χ0n) is 11.7. The Kier molecular flexibility index (Phi) is 12.5. The molecule has 0 saturated carbocycles. The molecule has 0 aliphatic rings. The highest BCUT2D eigenvalue weighted by Gasteiger charge is 2.17. The van der Waals surface area contributed by atoms with Crippen LogP contribution in [-0.4, -0.2) is 93.4 Å². The molecule has 0 aliphatic carbocycles. The van der Waals surface area contributed by atoms with Gasteiger partial charge in [0.05, 0.1) is 26.2 Å². The smallest absolute Gasteiger partial charge is 0.317 e. The molecule has 0 rings (SSSR count). The van der Waals surface area contributed by atoms with Crippen molar-refractivity contribution in [1.29, 1.82) is 0 Å². The highest BCUT2D eigenvalue weighted by atomic mass is 16.4. The van der Waals surface area contributed by atoms with Crippen LogP contribution in [0.15, 0.2) is 0 Å². The Balaban J connectivity index is 0. The Bertz CT molecular complexity index is 321. The number of hydrazine groups is 1. The molecule has 0 bridgehead atoms. The van der Waals surface area contributed by atoms with Crippen molar-refractivity contribution in [3.05, 3.63) is 0 Å². The van der Waals surface area contributed by atoms with Gasteiger partial charge in [-0.3, -0.25) is 40.7 Å². The largest absolute Gasteiger partial charge is 0.480 e. The Morgan fingerprint density at radius 1 is 0.591 bits per heavy atom. The van der Waals surface area contributed by atoms with Gasteiger partial charge in [0.25, 0.3) is 0 Å². The maximum absolute atomic E-state index is 10.6. The van der Waals surface area contributed by atoms with E-state index < -0.39 is 50.1 Å². The Hall–Kier alpha value is -2.28. The average molecular weight is 324 g/mol. The van der Waals surface area contributed by atoms with Crippen LogP contribution in [0.4, 0.5) is 0 Å². The van der Waals surface area contributed by atoms with E-state index >= 15 is 0 Å². The van der Waals surface area contributed by atoms with E-state index in [4.69, 9.17) is 20.4 Å². The standard InChI is InChI=1S/C10H16N2O8.H4N2/c13-7(14)3-11(4-8(15)16)1-2-12(5-9(17)18)6-10(19)20;1-2/h1-6H2,(H,13,14)(H,15,16)(H,17,18)(H,19,20);1-2H2. The third kappa shape index (κ3) is 14.1. The van der Waals surface area contributed by atoms with E-state index in [-0.39, 0.29) is 13.1 Å². The SMILES string of the molecule is NN.O=C(O)CN(CCN(CC(=O)O)CC(=O)O)CC(=O)O. The third-order valence-corrected chi connectivity index (χ3v) is 2.17. The van der Waals surface area contributed by atoms with E-state index in [2.05, 4.69) is 11.7 Å². The first-order chi connectivity index (χ1) is 10.2. The van der Waals surface area contributed by atoms with Crippen molar-refractivity contribution < 1.29 is 39.6 Å². The van der Waals surface area contributed by atoms with Crippen LogP contribution in [0.2, 0.25) is 0 Å². The van der Waals surface area contributed by atoms with Gasteiger partial charge in [0.1, 0.15) is 0 Å². The van der Waals surface area contributed by atoms with E-state index in [1.54, 1.807) is 0 Å². The molecule has 128 valence electrons. The van der Waals surface area contributed by atoms with Crippen LogP contribution >= 0.6 is 0 Å². The molecule has 0 fully saturated rings. The minimum Gasteiger partial charge on any atom is -0.480 e. The van der Waals surface area contributed by atoms with Crippen molar-refractivity contribution >= 4 is 23.9 Å². The molecule has 0 aromatic heterocycles. The lowest BCUT2D eigenvalue weighted by molar-refractivity contribution is -0.145. The molecular formula is C10H20N4O8. The van der Waals surface area contributed by atoms with E-state index in [0.717, 1.165) is 9.80 Å². The predicted octanol–water partition coefficient (Wildman–Crippen LogP) is -3.25. The van der Waals surface area contributed by atoms with Crippen LogP contribution in [0, 0.1) is 0 Å². The summed E-state index contributed by atoms with van der Waals surface area (Å²) in [5, 5.41) is 34.5. The van der Waals surface area contributed by atoms with Crippen LogP contribution in [0.3, 0.4) is 0 Å². The first-order valence-electron chi connectivity index (χ1n) is 5.86. The van der Waals surface area contributed by atoms with Crippen LogP contribution in [0.1, 0.15) is 0 Å². The summed E-state index contributed by atoms with van der Waals surface area (Å²) in [5.74, 6) is 3.09.